The van der Waals surface area contributed by atoms with Crippen molar-refractivity contribution in [3.8, 4) is 5.75 Å². The van der Waals surface area contributed by atoms with Crippen LogP contribution in [0.4, 0.5) is 0 Å². The molecular weight excluding hydrogens is 280 g/mol. The second kappa shape index (κ2) is 7.42. The molecule has 5 heteroatoms. The van der Waals surface area contributed by atoms with E-state index in [9.17, 15) is 5.11 Å². The Morgan fingerprint density at radius 2 is 2.00 bits per heavy atom. The van der Waals surface area contributed by atoms with Gasteiger partial charge >= 0.3 is 0 Å². The van der Waals surface area contributed by atoms with Gasteiger partial charge in [0.05, 0.1) is 5.69 Å². The fourth-order valence-corrected chi connectivity index (χ4v) is 2.38. The third-order valence-corrected chi connectivity index (χ3v) is 3.66. The van der Waals surface area contributed by atoms with Crippen LogP contribution in [0.5, 0.6) is 5.75 Å². The number of benzene rings is 1. The summed E-state index contributed by atoms with van der Waals surface area (Å²) in [5, 5.41) is 14.1. The molecule has 2 aromatic rings. The number of para-hydroxylation sites is 1. The van der Waals surface area contributed by atoms with Crippen molar-refractivity contribution in [3.05, 3.63) is 46.8 Å². The van der Waals surface area contributed by atoms with Gasteiger partial charge in [-0.2, -0.15) is 0 Å². The SMILES string of the molecule is Cc1ccccc1OCC(O)CN(C)Cc1c(C)noc1C. The van der Waals surface area contributed by atoms with E-state index in [0.29, 0.717) is 13.1 Å². The van der Waals surface area contributed by atoms with Crippen LogP contribution in [-0.4, -0.2) is 41.5 Å². The average molecular weight is 304 g/mol. The highest BCUT2D eigenvalue weighted by Crippen LogP contribution is 2.17. The van der Waals surface area contributed by atoms with E-state index in [4.69, 9.17) is 9.26 Å². The van der Waals surface area contributed by atoms with Crippen LogP contribution in [-0.2, 0) is 6.54 Å². The van der Waals surface area contributed by atoms with Gasteiger partial charge in [0.15, 0.2) is 0 Å². The minimum atomic E-state index is -0.551. The summed E-state index contributed by atoms with van der Waals surface area (Å²) in [4.78, 5) is 2.04. The standard InChI is InChI=1S/C17H24N2O3/c1-12-7-5-6-8-17(12)21-11-15(20)9-19(4)10-16-13(2)18-22-14(16)3/h5-8,15,20H,9-11H2,1-4H3. The van der Waals surface area contributed by atoms with Crippen molar-refractivity contribution in [1.29, 1.82) is 0 Å². The highest BCUT2D eigenvalue weighted by molar-refractivity contribution is 5.31. The summed E-state index contributed by atoms with van der Waals surface area (Å²) in [6.07, 6.45) is -0.551. The van der Waals surface area contributed by atoms with Gasteiger partial charge in [0.1, 0.15) is 24.2 Å². The summed E-state index contributed by atoms with van der Waals surface area (Å²) in [5.74, 6) is 1.64. The minimum absolute atomic E-state index is 0.275. The number of nitrogens with zero attached hydrogens (tertiary/aromatic N) is 2. The topological polar surface area (TPSA) is 58.7 Å². The van der Waals surface area contributed by atoms with Crippen LogP contribution >= 0.6 is 0 Å². The Bertz CT molecular complexity index is 590. The van der Waals surface area contributed by atoms with Crippen LogP contribution < -0.4 is 4.74 Å². The Morgan fingerprint density at radius 1 is 1.27 bits per heavy atom. The smallest absolute Gasteiger partial charge is 0.138 e. The molecule has 0 saturated heterocycles. The first kappa shape index (κ1) is 16.5. The van der Waals surface area contributed by atoms with Crippen LogP contribution in [0.2, 0.25) is 0 Å². The molecule has 0 bridgehead atoms. The van der Waals surface area contributed by atoms with Gasteiger partial charge in [0.25, 0.3) is 0 Å². The normalized spacial score (nSPS) is 12.6. The largest absolute Gasteiger partial charge is 0.491 e. The summed E-state index contributed by atoms with van der Waals surface area (Å²) in [7, 11) is 1.96. The molecule has 2 rings (SSSR count). The predicted molar refractivity (Wildman–Crippen MR) is 85.0 cm³/mol. The highest BCUT2D eigenvalue weighted by Gasteiger charge is 2.14. The first-order chi connectivity index (χ1) is 10.5. The van der Waals surface area contributed by atoms with E-state index < -0.39 is 6.10 Å². The molecule has 1 heterocycles. The Hall–Kier alpha value is -1.85. The summed E-state index contributed by atoms with van der Waals surface area (Å²) >= 11 is 0. The van der Waals surface area contributed by atoms with Crippen LogP contribution in [0, 0.1) is 20.8 Å². The fraction of sp³-hybridized carbons (Fsp3) is 0.471. The van der Waals surface area contributed by atoms with Gasteiger partial charge in [-0.05, 0) is 39.4 Å². The molecule has 0 aliphatic rings. The molecule has 0 aliphatic heterocycles. The third kappa shape index (κ3) is 4.32. The van der Waals surface area contributed by atoms with Crippen molar-refractivity contribution in [2.24, 2.45) is 0 Å². The monoisotopic (exact) mass is 304 g/mol. The molecule has 120 valence electrons. The molecule has 0 aliphatic carbocycles. The number of ether oxygens (including phenoxy) is 1. The molecule has 5 nitrogen and oxygen atoms in total. The number of likely N-dealkylation sites (N-methyl/N-ethyl adjacent to an activating group) is 1. The van der Waals surface area contributed by atoms with Gasteiger partial charge in [0.2, 0.25) is 0 Å². The van der Waals surface area contributed by atoms with Crippen molar-refractivity contribution in [2.45, 2.75) is 33.4 Å². The number of hydrogen-bond donors (Lipinski definition) is 1. The quantitative estimate of drug-likeness (QED) is 0.851. The summed E-state index contributed by atoms with van der Waals surface area (Å²) in [5.41, 5.74) is 3.04. The molecule has 0 saturated carbocycles. The predicted octanol–water partition coefficient (Wildman–Crippen LogP) is 2.47. The lowest BCUT2D eigenvalue weighted by Gasteiger charge is -2.21. The van der Waals surface area contributed by atoms with Crippen LogP contribution in [0.3, 0.4) is 0 Å². The zero-order chi connectivity index (χ0) is 16.1. The van der Waals surface area contributed by atoms with Gasteiger partial charge in [-0.1, -0.05) is 23.4 Å². The van der Waals surface area contributed by atoms with E-state index in [1.165, 1.54) is 0 Å². The lowest BCUT2D eigenvalue weighted by molar-refractivity contribution is 0.0739. The number of aliphatic hydroxyl groups is 1. The Labute approximate surface area is 131 Å². The summed E-state index contributed by atoms with van der Waals surface area (Å²) in [6.45, 7) is 7.32. The zero-order valence-corrected chi connectivity index (χ0v) is 13.7. The van der Waals surface area contributed by atoms with E-state index in [0.717, 1.165) is 28.3 Å². The lowest BCUT2D eigenvalue weighted by atomic mass is 10.2. The molecule has 0 radical (unpaired) electrons. The number of hydrogen-bond acceptors (Lipinski definition) is 5. The maximum absolute atomic E-state index is 10.1. The molecule has 1 aromatic carbocycles. The average Bonchev–Trinajstić information content (AvgIpc) is 2.78. The Morgan fingerprint density at radius 3 is 2.64 bits per heavy atom. The molecule has 0 amide bonds. The zero-order valence-electron chi connectivity index (χ0n) is 13.7. The van der Waals surface area contributed by atoms with Crippen molar-refractivity contribution in [2.75, 3.05) is 20.2 Å². The van der Waals surface area contributed by atoms with Gasteiger partial charge in [0, 0.05) is 18.7 Å². The number of aryl methyl sites for hydroxylation is 3. The number of aliphatic hydroxyl groups excluding tert-OH is 1. The maximum Gasteiger partial charge on any atom is 0.138 e. The molecule has 1 atom stereocenters. The van der Waals surface area contributed by atoms with Gasteiger partial charge in [-0.25, -0.2) is 0 Å². The van der Waals surface area contributed by atoms with Crippen molar-refractivity contribution >= 4 is 0 Å². The Kier molecular flexibility index (Phi) is 5.57. The summed E-state index contributed by atoms with van der Waals surface area (Å²) < 4.78 is 10.8. The van der Waals surface area contributed by atoms with E-state index in [1.807, 2.05) is 57.0 Å². The maximum atomic E-state index is 10.1. The van der Waals surface area contributed by atoms with Crippen LogP contribution in [0.25, 0.3) is 0 Å². The minimum Gasteiger partial charge on any atom is -0.491 e. The van der Waals surface area contributed by atoms with Gasteiger partial charge in [-0.15, -0.1) is 0 Å². The molecule has 1 N–H and O–H groups in total. The van der Waals surface area contributed by atoms with E-state index in [1.54, 1.807) is 0 Å². The highest BCUT2D eigenvalue weighted by atomic mass is 16.5. The van der Waals surface area contributed by atoms with Crippen molar-refractivity contribution in [3.63, 3.8) is 0 Å². The number of aromatic nitrogens is 1. The van der Waals surface area contributed by atoms with Crippen molar-refractivity contribution in [1.82, 2.24) is 10.1 Å². The third-order valence-electron chi connectivity index (χ3n) is 3.66. The summed E-state index contributed by atoms with van der Waals surface area (Å²) in [6, 6.07) is 7.80. The second-order valence-corrected chi connectivity index (χ2v) is 5.73. The van der Waals surface area contributed by atoms with Crippen LogP contribution in [0.1, 0.15) is 22.6 Å². The second-order valence-electron chi connectivity index (χ2n) is 5.73. The van der Waals surface area contributed by atoms with Crippen LogP contribution in [0.15, 0.2) is 28.8 Å². The van der Waals surface area contributed by atoms with E-state index in [-0.39, 0.29) is 6.61 Å². The van der Waals surface area contributed by atoms with Gasteiger partial charge < -0.3 is 14.4 Å². The molecule has 1 aromatic heterocycles. The van der Waals surface area contributed by atoms with E-state index >= 15 is 0 Å². The molecule has 22 heavy (non-hydrogen) atoms. The van der Waals surface area contributed by atoms with Crippen molar-refractivity contribution < 1.29 is 14.4 Å². The van der Waals surface area contributed by atoms with E-state index in [2.05, 4.69) is 5.16 Å². The Balaban J connectivity index is 1.82. The number of rotatable bonds is 7. The first-order valence-electron chi connectivity index (χ1n) is 7.44. The first-order valence-corrected chi connectivity index (χ1v) is 7.44. The van der Waals surface area contributed by atoms with Gasteiger partial charge in [-0.3, -0.25) is 4.90 Å². The lowest BCUT2D eigenvalue weighted by Crippen LogP contribution is -2.33. The molecule has 1 unspecified atom stereocenters. The molecule has 0 spiro atoms. The molecule has 0 fully saturated rings. The fourth-order valence-electron chi connectivity index (χ4n) is 2.38. The molecular formula is C17H24N2O3.